The number of allylic oxidation sites excluding steroid dienone is 2. The van der Waals surface area contributed by atoms with Crippen LogP contribution in [0.3, 0.4) is 0 Å². The van der Waals surface area contributed by atoms with Gasteiger partial charge in [0.2, 0.25) is 5.88 Å². The van der Waals surface area contributed by atoms with Crippen molar-refractivity contribution < 1.29 is 9.52 Å². The molecule has 0 aliphatic carbocycles. The summed E-state index contributed by atoms with van der Waals surface area (Å²) in [5.41, 5.74) is 0.386. The van der Waals surface area contributed by atoms with Crippen LogP contribution in [-0.2, 0) is 0 Å². The molecule has 18 heavy (non-hydrogen) atoms. The second-order valence-electron chi connectivity index (χ2n) is 3.99. The van der Waals surface area contributed by atoms with Gasteiger partial charge in [0, 0.05) is 12.3 Å². The lowest BCUT2D eigenvalue weighted by Gasteiger charge is -2.24. The summed E-state index contributed by atoms with van der Waals surface area (Å²) in [6, 6.07) is 8.42. The van der Waals surface area contributed by atoms with Crippen molar-refractivity contribution in [3.63, 3.8) is 0 Å². The zero-order valence-electron chi connectivity index (χ0n) is 9.48. The van der Waals surface area contributed by atoms with Gasteiger partial charge in [0.15, 0.2) is 11.7 Å². The number of anilines is 1. The molecule has 0 spiro atoms. The summed E-state index contributed by atoms with van der Waals surface area (Å²) in [7, 11) is 0. The molecule has 0 bridgehead atoms. The minimum Gasteiger partial charge on any atom is -0.440 e. The summed E-state index contributed by atoms with van der Waals surface area (Å²) in [6.07, 6.45) is 5.95. The molecule has 0 saturated carbocycles. The second kappa shape index (κ2) is 4.16. The van der Waals surface area contributed by atoms with Crippen LogP contribution >= 0.6 is 0 Å². The molecular weight excluding hydrogens is 230 g/mol. The van der Waals surface area contributed by atoms with E-state index in [9.17, 15) is 9.90 Å². The van der Waals surface area contributed by atoms with E-state index in [0.29, 0.717) is 16.9 Å². The lowest BCUT2D eigenvalue weighted by molar-refractivity contribution is 0.221. The normalized spacial score (nSPS) is 18.5. The van der Waals surface area contributed by atoms with E-state index in [1.165, 1.54) is 11.0 Å². The van der Waals surface area contributed by atoms with E-state index in [1.54, 1.807) is 48.7 Å². The highest BCUT2D eigenvalue weighted by Crippen LogP contribution is 2.22. The molecule has 4 nitrogen and oxygen atoms in total. The molecule has 90 valence electrons. The first-order valence-electron chi connectivity index (χ1n) is 5.60. The van der Waals surface area contributed by atoms with Gasteiger partial charge in [-0.25, -0.2) is 0 Å². The van der Waals surface area contributed by atoms with Crippen LogP contribution in [0.5, 0.6) is 0 Å². The van der Waals surface area contributed by atoms with Crippen LogP contribution < -0.4 is 10.3 Å². The maximum atomic E-state index is 11.9. The first kappa shape index (κ1) is 10.8. The number of para-hydroxylation sites is 1. The summed E-state index contributed by atoms with van der Waals surface area (Å²) < 4.78 is 5.63. The summed E-state index contributed by atoms with van der Waals surface area (Å²) in [4.78, 5) is 13.4. The predicted molar refractivity (Wildman–Crippen MR) is 69.2 cm³/mol. The van der Waals surface area contributed by atoms with Crippen LogP contribution in [0.15, 0.2) is 64.0 Å². The maximum Gasteiger partial charge on any atom is 0.206 e. The Morgan fingerprint density at radius 2 is 2.06 bits per heavy atom. The van der Waals surface area contributed by atoms with Crippen molar-refractivity contribution in [3.05, 3.63) is 65.0 Å². The van der Waals surface area contributed by atoms with Crippen LogP contribution in [-0.4, -0.2) is 11.3 Å². The standard InChI is InChI=1S/C14H11NO3/c16-11-9-14(15-8-4-3-7-13(15)17)18-12-6-2-1-5-10(11)12/h1-9,13,17H. The Morgan fingerprint density at radius 3 is 2.89 bits per heavy atom. The molecule has 1 aliphatic rings. The molecule has 1 aliphatic heterocycles. The summed E-state index contributed by atoms with van der Waals surface area (Å²) in [5.74, 6) is 0.326. The van der Waals surface area contributed by atoms with Gasteiger partial charge in [-0.1, -0.05) is 18.2 Å². The monoisotopic (exact) mass is 241 g/mol. The molecule has 0 fully saturated rings. The zero-order chi connectivity index (χ0) is 12.5. The molecule has 0 amide bonds. The van der Waals surface area contributed by atoms with Gasteiger partial charge >= 0.3 is 0 Å². The molecule has 3 rings (SSSR count). The van der Waals surface area contributed by atoms with Crippen molar-refractivity contribution in [1.29, 1.82) is 0 Å². The number of hydrogen-bond donors (Lipinski definition) is 1. The van der Waals surface area contributed by atoms with Crippen LogP contribution in [0, 0.1) is 0 Å². The lowest BCUT2D eigenvalue weighted by atomic mass is 10.2. The lowest BCUT2D eigenvalue weighted by Crippen LogP contribution is -2.30. The molecule has 1 atom stereocenters. The van der Waals surface area contributed by atoms with Crippen LogP contribution in [0.4, 0.5) is 5.88 Å². The first-order chi connectivity index (χ1) is 8.75. The number of aliphatic hydroxyl groups excluding tert-OH is 1. The van der Waals surface area contributed by atoms with Gasteiger partial charge in [-0.2, -0.15) is 0 Å². The minimum absolute atomic E-state index is 0.123. The number of nitrogens with zero attached hydrogens (tertiary/aromatic N) is 1. The van der Waals surface area contributed by atoms with Gasteiger partial charge in [-0.3, -0.25) is 9.69 Å². The molecule has 0 radical (unpaired) electrons. The van der Waals surface area contributed by atoms with Crippen LogP contribution in [0.1, 0.15) is 0 Å². The van der Waals surface area contributed by atoms with Crippen molar-refractivity contribution >= 4 is 16.9 Å². The SMILES string of the molecule is O=c1cc(N2C=CC=CC2O)oc2ccccc12. The molecule has 1 N–H and O–H groups in total. The molecule has 1 aromatic carbocycles. The Bertz CT molecular complexity index is 699. The van der Waals surface area contributed by atoms with Gasteiger partial charge < -0.3 is 9.52 Å². The largest absolute Gasteiger partial charge is 0.440 e. The highest BCUT2D eigenvalue weighted by molar-refractivity contribution is 5.77. The topological polar surface area (TPSA) is 53.7 Å². The van der Waals surface area contributed by atoms with Crippen molar-refractivity contribution in [2.45, 2.75) is 6.23 Å². The average molecular weight is 241 g/mol. The molecule has 2 heterocycles. The zero-order valence-corrected chi connectivity index (χ0v) is 9.48. The quantitative estimate of drug-likeness (QED) is 0.829. The number of hydrogen-bond acceptors (Lipinski definition) is 4. The third-order valence-corrected chi connectivity index (χ3v) is 2.80. The smallest absolute Gasteiger partial charge is 0.206 e. The fourth-order valence-corrected chi connectivity index (χ4v) is 1.91. The van der Waals surface area contributed by atoms with Gasteiger partial charge in [0.1, 0.15) is 5.58 Å². The highest BCUT2D eigenvalue weighted by Gasteiger charge is 2.16. The second-order valence-corrected chi connectivity index (χ2v) is 3.99. The van der Waals surface area contributed by atoms with E-state index in [1.807, 2.05) is 0 Å². The van der Waals surface area contributed by atoms with Gasteiger partial charge in [0.25, 0.3) is 0 Å². The first-order valence-corrected chi connectivity index (χ1v) is 5.60. The van der Waals surface area contributed by atoms with Crippen molar-refractivity contribution in [3.8, 4) is 0 Å². The molecule has 0 saturated heterocycles. The number of aliphatic hydroxyl groups is 1. The Morgan fingerprint density at radius 1 is 1.22 bits per heavy atom. The van der Waals surface area contributed by atoms with E-state index in [0.717, 1.165) is 0 Å². The van der Waals surface area contributed by atoms with E-state index in [4.69, 9.17) is 4.42 Å². The average Bonchev–Trinajstić information content (AvgIpc) is 2.39. The summed E-state index contributed by atoms with van der Waals surface area (Å²) in [6.45, 7) is 0. The Kier molecular flexibility index (Phi) is 2.50. The summed E-state index contributed by atoms with van der Waals surface area (Å²) in [5, 5.41) is 10.3. The molecule has 1 unspecified atom stereocenters. The molecule has 4 heteroatoms. The molecular formula is C14H11NO3. The van der Waals surface area contributed by atoms with E-state index in [2.05, 4.69) is 0 Å². The van der Waals surface area contributed by atoms with Crippen molar-refractivity contribution in [2.24, 2.45) is 0 Å². The van der Waals surface area contributed by atoms with Crippen LogP contribution in [0.25, 0.3) is 11.0 Å². The van der Waals surface area contributed by atoms with Crippen molar-refractivity contribution in [1.82, 2.24) is 0 Å². The Balaban J connectivity index is 2.16. The number of fused-ring (bicyclic) bond motifs is 1. The fraction of sp³-hybridized carbons (Fsp3) is 0.0714. The summed E-state index contributed by atoms with van der Waals surface area (Å²) >= 11 is 0. The Labute approximate surface area is 103 Å². The van der Waals surface area contributed by atoms with E-state index < -0.39 is 6.23 Å². The molecule has 2 aromatic rings. The predicted octanol–water partition coefficient (Wildman–Crippen LogP) is 2.00. The number of benzene rings is 1. The van der Waals surface area contributed by atoms with Gasteiger partial charge in [-0.05, 0) is 24.3 Å². The number of rotatable bonds is 1. The minimum atomic E-state index is -0.820. The maximum absolute atomic E-state index is 11.9. The van der Waals surface area contributed by atoms with Crippen LogP contribution in [0.2, 0.25) is 0 Å². The fourth-order valence-electron chi connectivity index (χ4n) is 1.91. The van der Waals surface area contributed by atoms with Gasteiger partial charge in [0.05, 0.1) is 5.39 Å². The Hall–Kier alpha value is -2.33. The van der Waals surface area contributed by atoms with E-state index >= 15 is 0 Å². The van der Waals surface area contributed by atoms with E-state index in [-0.39, 0.29) is 5.43 Å². The molecule has 1 aromatic heterocycles. The third kappa shape index (κ3) is 1.72. The van der Waals surface area contributed by atoms with Crippen molar-refractivity contribution in [2.75, 3.05) is 4.90 Å². The van der Waals surface area contributed by atoms with Gasteiger partial charge in [-0.15, -0.1) is 0 Å². The third-order valence-electron chi connectivity index (χ3n) is 2.80. The highest BCUT2D eigenvalue weighted by atomic mass is 16.4.